The van der Waals surface area contributed by atoms with Gasteiger partial charge in [0.05, 0.1) is 5.52 Å². The highest BCUT2D eigenvalue weighted by Crippen LogP contribution is 2.25. The Morgan fingerprint density at radius 2 is 1.60 bits per heavy atom. The zero-order chi connectivity index (χ0) is 17.8. The van der Waals surface area contributed by atoms with Crippen LogP contribution >= 0.6 is 0 Å². The minimum Gasteiger partial charge on any atom is -0.350 e. The second-order valence-electron chi connectivity index (χ2n) is 6.21. The van der Waals surface area contributed by atoms with Crippen molar-refractivity contribution in [3.63, 3.8) is 0 Å². The smallest absolute Gasteiger partial charge is 0.140 e. The van der Waals surface area contributed by atoms with Crippen molar-refractivity contribution in [2.75, 3.05) is 32.1 Å². The van der Waals surface area contributed by atoms with Gasteiger partial charge in [0, 0.05) is 25.0 Å². The van der Waals surface area contributed by atoms with Gasteiger partial charge < -0.3 is 9.80 Å². The number of nitrogens with zero attached hydrogens (tertiary/aromatic N) is 4. The number of likely N-dealkylation sites (N-methyl/N-ethyl adjacent to an activating group) is 1. The summed E-state index contributed by atoms with van der Waals surface area (Å²) in [5, 5.41) is 0.670. The van der Waals surface area contributed by atoms with Gasteiger partial charge in [-0.05, 0) is 50.0 Å². The third kappa shape index (κ3) is 4.28. The topological polar surface area (TPSA) is 32.3 Å². The maximum Gasteiger partial charge on any atom is 0.140 e. The van der Waals surface area contributed by atoms with Crippen LogP contribution in [-0.4, -0.2) is 42.1 Å². The van der Waals surface area contributed by atoms with Gasteiger partial charge in [-0.3, -0.25) is 0 Å². The van der Waals surface area contributed by atoms with Crippen molar-refractivity contribution in [2.24, 2.45) is 0 Å². The molecule has 25 heavy (non-hydrogen) atoms. The highest BCUT2D eigenvalue weighted by atomic mass is 19.1. The van der Waals surface area contributed by atoms with Gasteiger partial charge in [-0.2, -0.15) is 0 Å². The predicted octanol–water partition coefficient (Wildman–Crippen LogP) is 3.48. The first-order valence-electron chi connectivity index (χ1n) is 8.07. The van der Waals surface area contributed by atoms with Gasteiger partial charge in [-0.25, -0.2) is 18.7 Å². The summed E-state index contributed by atoms with van der Waals surface area (Å²) in [5.41, 5.74) is 1.66. The first-order valence-corrected chi connectivity index (χ1v) is 8.07. The molecule has 0 unspecified atom stereocenters. The Kier molecular flexibility index (Phi) is 5.19. The molecule has 1 aromatic heterocycles. The average Bonchev–Trinajstić information content (AvgIpc) is 2.59. The third-order valence-electron chi connectivity index (χ3n) is 3.98. The van der Waals surface area contributed by atoms with Gasteiger partial charge in [0.2, 0.25) is 0 Å². The van der Waals surface area contributed by atoms with Gasteiger partial charge in [-0.15, -0.1) is 0 Å². The summed E-state index contributed by atoms with van der Waals surface area (Å²) in [6.07, 6.45) is 1.49. The Balaban J connectivity index is 1.98. The molecule has 130 valence electrons. The number of aromatic nitrogens is 2. The molecule has 3 rings (SSSR count). The summed E-state index contributed by atoms with van der Waals surface area (Å²) < 4.78 is 26.9. The molecule has 0 N–H and O–H groups in total. The van der Waals surface area contributed by atoms with E-state index >= 15 is 0 Å². The molecule has 0 atom stereocenters. The van der Waals surface area contributed by atoms with Crippen LogP contribution in [0.1, 0.15) is 5.56 Å². The lowest BCUT2D eigenvalue weighted by Crippen LogP contribution is -2.32. The first kappa shape index (κ1) is 17.2. The normalized spacial score (nSPS) is 11.2. The van der Waals surface area contributed by atoms with E-state index in [0.29, 0.717) is 29.8 Å². The molecule has 0 saturated carbocycles. The van der Waals surface area contributed by atoms with Crippen molar-refractivity contribution in [1.82, 2.24) is 14.9 Å². The number of fused-ring (bicyclic) bond motifs is 1. The summed E-state index contributed by atoms with van der Waals surface area (Å²) in [5.74, 6) is 0.0896. The maximum absolute atomic E-state index is 13.7. The fraction of sp³-hybridized carbons (Fsp3) is 0.263. The molecule has 0 aliphatic heterocycles. The molecule has 6 heteroatoms. The van der Waals surface area contributed by atoms with Crippen LogP contribution in [0.3, 0.4) is 0 Å². The minimum absolute atomic E-state index is 0.266. The van der Waals surface area contributed by atoms with Crippen LogP contribution in [0.15, 0.2) is 48.8 Å². The van der Waals surface area contributed by atoms with Gasteiger partial charge in [0.1, 0.15) is 23.8 Å². The molecule has 0 fully saturated rings. The van der Waals surface area contributed by atoms with E-state index in [4.69, 9.17) is 0 Å². The van der Waals surface area contributed by atoms with Crippen LogP contribution in [0.25, 0.3) is 10.9 Å². The van der Waals surface area contributed by atoms with E-state index in [2.05, 4.69) is 19.8 Å². The first-order chi connectivity index (χ1) is 12.0. The molecule has 1 heterocycles. The van der Waals surface area contributed by atoms with E-state index in [1.165, 1.54) is 30.6 Å². The van der Waals surface area contributed by atoms with E-state index in [0.717, 1.165) is 12.1 Å². The lowest BCUT2D eigenvalue weighted by atomic mass is 10.1. The molecule has 0 aliphatic rings. The number of hydrogen-bond donors (Lipinski definition) is 0. The van der Waals surface area contributed by atoms with E-state index in [9.17, 15) is 8.78 Å². The van der Waals surface area contributed by atoms with Crippen LogP contribution in [0, 0.1) is 11.6 Å². The number of hydrogen-bond acceptors (Lipinski definition) is 4. The van der Waals surface area contributed by atoms with Crippen LogP contribution in [-0.2, 0) is 6.54 Å². The van der Waals surface area contributed by atoms with E-state index in [1.54, 1.807) is 18.2 Å². The molecular weight excluding hydrogens is 322 g/mol. The Labute approximate surface area is 145 Å². The Morgan fingerprint density at radius 1 is 0.880 bits per heavy atom. The van der Waals surface area contributed by atoms with E-state index < -0.39 is 0 Å². The molecule has 3 aromatic rings. The molecule has 2 aromatic carbocycles. The zero-order valence-electron chi connectivity index (χ0n) is 14.3. The van der Waals surface area contributed by atoms with Crippen LogP contribution < -0.4 is 4.90 Å². The standard InChI is InChI=1S/C19H20F2N4/c1-24(2)9-10-25(12-14-3-5-15(20)6-4-14)19-17-11-16(21)7-8-18(17)22-13-23-19/h3-8,11,13H,9-10,12H2,1-2H3. The van der Waals surface area contributed by atoms with Crippen LogP contribution in [0.2, 0.25) is 0 Å². The van der Waals surface area contributed by atoms with E-state index in [-0.39, 0.29) is 11.6 Å². The number of rotatable bonds is 6. The largest absolute Gasteiger partial charge is 0.350 e. The number of benzene rings is 2. The molecule has 0 aliphatic carbocycles. The molecule has 0 amide bonds. The molecular formula is C19H20F2N4. The van der Waals surface area contributed by atoms with Crippen LogP contribution in [0.5, 0.6) is 0 Å². The number of halogens is 2. The van der Waals surface area contributed by atoms with Crippen molar-refractivity contribution in [3.05, 3.63) is 66.0 Å². The molecule has 0 bridgehead atoms. The van der Waals surface area contributed by atoms with Crippen LogP contribution in [0.4, 0.5) is 14.6 Å². The fourth-order valence-corrected chi connectivity index (χ4v) is 2.66. The van der Waals surface area contributed by atoms with Crippen molar-refractivity contribution >= 4 is 16.7 Å². The fourth-order valence-electron chi connectivity index (χ4n) is 2.66. The SMILES string of the molecule is CN(C)CCN(Cc1ccc(F)cc1)c1ncnc2ccc(F)cc12. The molecule has 0 saturated heterocycles. The lowest BCUT2D eigenvalue weighted by molar-refractivity contribution is 0.412. The third-order valence-corrected chi connectivity index (χ3v) is 3.98. The van der Waals surface area contributed by atoms with Crippen molar-refractivity contribution in [1.29, 1.82) is 0 Å². The van der Waals surface area contributed by atoms with Gasteiger partial charge >= 0.3 is 0 Å². The summed E-state index contributed by atoms with van der Waals surface area (Å²) in [6.45, 7) is 2.06. The second-order valence-corrected chi connectivity index (χ2v) is 6.21. The van der Waals surface area contributed by atoms with Gasteiger partial charge in [0.25, 0.3) is 0 Å². The Bertz CT molecular complexity index is 850. The summed E-state index contributed by atoms with van der Waals surface area (Å²) >= 11 is 0. The monoisotopic (exact) mass is 342 g/mol. The van der Waals surface area contributed by atoms with Crippen molar-refractivity contribution in [3.8, 4) is 0 Å². The quantitative estimate of drug-likeness (QED) is 0.687. The highest BCUT2D eigenvalue weighted by molar-refractivity contribution is 5.89. The molecule has 4 nitrogen and oxygen atoms in total. The summed E-state index contributed by atoms with van der Waals surface area (Å²) in [4.78, 5) is 12.7. The van der Waals surface area contributed by atoms with Gasteiger partial charge in [0.15, 0.2) is 0 Å². The molecule has 0 spiro atoms. The minimum atomic E-state index is -0.321. The Morgan fingerprint density at radius 3 is 2.32 bits per heavy atom. The Hall–Kier alpha value is -2.60. The zero-order valence-corrected chi connectivity index (χ0v) is 14.3. The highest BCUT2D eigenvalue weighted by Gasteiger charge is 2.14. The molecule has 0 radical (unpaired) electrons. The average molecular weight is 342 g/mol. The second kappa shape index (κ2) is 7.53. The predicted molar refractivity (Wildman–Crippen MR) is 95.5 cm³/mol. The number of anilines is 1. The van der Waals surface area contributed by atoms with Gasteiger partial charge in [-0.1, -0.05) is 12.1 Å². The van der Waals surface area contributed by atoms with Crippen molar-refractivity contribution in [2.45, 2.75) is 6.54 Å². The summed E-state index contributed by atoms with van der Waals surface area (Å²) in [6, 6.07) is 10.9. The van der Waals surface area contributed by atoms with E-state index in [1.807, 2.05) is 14.1 Å². The summed E-state index contributed by atoms with van der Waals surface area (Å²) in [7, 11) is 3.99. The maximum atomic E-state index is 13.7. The lowest BCUT2D eigenvalue weighted by Gasteiger charge is -2.26. The van der Waals surface area contributed by atoms with Crippen molar-refractivity contribution < 1.29 is 8.78 Å².